The molecular formula is C10H23IOSi. The molecule has 0 heterocycles. The van der Waals surface area contributed by atoms with E-state index >= 15 is 0 Å². The zero-order valence-corrected chi connectivity index (χ0v) is 12.4. The first kappa shape index (κ1) is 13.9. The summed E-state index contributed by atoms with van der Waals surface area (Å²) in [5.41, 5.74) is 0. The van der Waals surface area contributed by atoms with Crippen molar-refractivity contribution in [2.24, 2.45) is 0 Å². The van der Waals surface area contributed by atoms with E-state index in [-0.39, 0.29) is 0 Å². The van der Waals surface area contributed by atoms with Gasteiger partial charge >= 0.3 is 0 Å². The highest BCUT2D eigenvalue weighted by atomic mass is 127. The predicted molar refractivity (Wildman–Crippen MR) is 71.3 cm³/mol. The van der Waals surface area contributed by atoms with Crippen LogP contribution in [0.2, 0.25) is 18.1 Å². The molecule has 0 unspecified atom stereocenters. The maximum Gasteiger partial charge on any atom is 0.192 e. The first-order chi connectivity index (χ1) is 6.24. The molecule has 0 aromatic rings. The summed E-state index contributed by atoms with van der Waals surface area (Å²) < 4.78 is 7.39. The second kappa shape index (κ2) is 8.23. The highest BCUT2D eigenvalue weighted by molar-refractivity contribution is 14.1. The van der Waals surface area contributed by atoms with Gasteiger partial charge in [-0.1, -0.05) is 43.4 Å². The van der Waals surface area contributed by atoms with Crippen LogP contribution in [0.1, 0.15) is 33.6 Å². The quantitative estimate of drug-likeness (QED) is 0.370. The number of alkyl halides is 1. The van der Waals surface area contributed by atoms with Crippen molar-refractivity contribution in [1.82, 2.24) is 0 Å². The maximum atomic E-state index is 6.11. The first-order valence-corrected chi connectivity index (χ1v) is 9.50. The van der Waals surface area contributed by atoms with Crippen LogP contribution in [0.5, 0.6) is 0 Å². The van der Waals surface area contributed by atoms with Gasteiger partial charge in [0, 0.05) is 6.61 Å². The molecule has 0 aliphatic carbocycles. The highest BCUT2D eigenvalue weighted by Crippen LogP contribution is 2.24. The van der Waals surface area contributed by atoms with Crippen LogP contribution in [0, 0.1) is 0 Å². The molecule has 0 saturated heterocycles. The Hall–Kier alpha value is 0.907. The standard InChI is InChI=1S/C10H23IOSi/c1-4-9-12-13(5-2,6-3)10-7-8-11/h4-10H2,1-3H3. The lowest BCUT2D eigenvalue weighted by Gasteiger charge is -2.29. The summed E-state index contributed by atoms with van der Waals surface area (Å²) in [5, 5.41) is 0. The van der Waals surface area contributed by atoms with E-state index in [4.69, 9.17) is 4.43 Å². The summed E-state index contributed by atoms with van der Waals surface area (Å²) in [4.78, 5) is 0. The van der Waals surface area contributed by atoms with Crippen molar-refractivity contribution in [3.63, 3.8) is 0 Å². The SMILES string of the molecule is CCCO[Si](CC)(CC)CCCI. The lowest BCUT2D eigenvalue weighted by atomic mass is 10.5. The van der Waals surface area contributed by atoms with Gasteiger partial charge in [0.25, 0.3) is 0 Å². The molecule has 0 spiro atoms. The van der Waals surface area contributed by atoms with Crippen LogP contribution < -0.4 is 0 Å². The molecule has 0 aliphatic heterocycles. The van der Waals surface area contributed by atoms with Crippen molar-refractivity contribution in [2.45, 2.75) is 51.7 Å². The van der Waals surface area contributed by atoms with Gasteiger partial charge in [0.05, 0.1) is 0 Å². The van der Waals surface area contributed by atoms with E-state index in [2.05, 4.69) is 43.4 Å². The molecular weight excluding hydrogens is 291 g/mol. The predicted octanol–water partition coefficient (Wildman–Crippen LogP) is 4.22. The Morgan fingerprint density at radius 3 is 2.15 bits per heavy atom. The fourth-order valence-electron chi connectivity index (χ4n) is 1.59. The fourth-order valence-corrected chi connectivity index (χ4v) is 5.91. The lowest BCUT2D eigenvalue weighted by molar-refractivity contribution is 0.298. The minimum absolute atomic E-state index is 0.981. The third kappa shape index (κ3) is 5.37. The zero-order chi connectivity index (χ0) is 10.2. The molecule has 0 N–H and O–H groups in total. The molecule has 0 fully saturated rings. The van der Waals surface area contributed by atoms with Gasteiger partial charge in [0.2, 0.25) is 0 Å². The molecule has 0 atom stereocenters. The van der Waals surface area contributed by atoms with Gasteiger partial charge in [-0.15, -0.1) is 0 Å². The Morgan fingerprint density at radius 2 is 1.77 bits per heavy atom. The fraction of sp³-hybridized carbons (Fsp3) is 1.00. The third-order valence-electron chi connectivity index (χ3n) is 2.67. The molecule has 0 saturated carbocycles. The number of halogens is 1. The summed E-state index contributed by atoms with van der Waals surface area (Å²) in [5.74, 6) is 0. The van der Waals surface area contributed by atoms with E-state index in [1.165, 1.54) is 35.4 Å². The minimum Gasteiger partial charge on any atom is -0.417 e. The number of hydrogen-bond acceptors (Lipinski definition) is 1. The third-order valence-corrected chi connectivity index (χ3v) is 8.09. The van der Waals surface area contributed by atoms with Crippen LogP contribution in [0.15, 0.2) is 0 Å². The normalized spacial score (nSPS) is 12.0. The van der Waals surface area contributed by atoms with E-state index in [1.807, 2.05) is 0 Å². The summed E-state index contributed by atoms with van der Waals surface area (Å²) in [6, 6.07) is 3.95. The number of rotatable bonds is 8. The zero-order valence-electron chi connectivity index (χ0n) is 9.24. The smallest absolute Gasteiger partial charge is 0.192 e. The van der Waals surface area contributed by atoms with E-state index < -0.39 is 8.32 Å². The molecule has 0 aromatic carbocycles. The van der Waals surface area contributed by atoms with Crippen molar-refractivity contribution < 1.29 is 4.43 Å². The van der Waals surface area contributed by atoms with E-state index in [0.717, 1.165) is 6.61 Å². The molecule has 1 nitrogen and oxygen atoms in total. The molecule has 0 bridgehead atoms. The number of hydrogen-bond donors (Lipinski definition) is 0. The van der Waals surface area contributed by atoms with Crippen molar-refractivity contribution in [3.8, 4) is 0 Å². The molecule has 0 aliphatic rings. The van der Waals surface area contributed by atoms with Crippen molar-refractivity contribution in [2.75, 3.05) is 11.0 Å². The molecule has 0 radical (unpaired) electrons. The molecule has 80 valence electrons. The summed E-state index contributed by atoms with van der Waals surface area (Å²) >= 11 is 2.46. The average Bonchev–Trinajstić information content (AvgIpc) is 2.20. The van der Waals surface area contributed by atoms with E-state index in [1.54, 1.807) is 0 Å². The Labute approximate surface area is 97.9 Å². The second-order valence-electron chi connectivity index (χ2n) is 3.53. The second-order valence-corrected chi connectivity index (χ2v) is 9.18. The van der Waals surface area contributed by atoms with Gasteiger partial charge in [-0.05, 0) is 35.4 Å². The van der Waals surface area contributed by atoms with Crippen molar-refractivity contribution >= 4 is 30.9 Å². The lowest BCUT2D eigenvalue weighted by Crippen LogP contribution is -2.36. The van der Waals surface area contributed by atoms with E-state index in [9.17, 15) is 0 Å². The summed E-state index contributed by atoms with van der Waals surface area (Å²) in [6.07, 6.45) is 2.51. The summed E-state index contributed by atoms with van der Waals surface area (Å²) in [6.45, 7) is 7.79. The van der Waals surface area contributed by atoms with Crippen LogP contribution in [0.4, 0.5) is 0 Å². The Kier molecular flexibility index (Phi) is 8.81. The highest BCUT2D eigenvalue weighted by Gasteiger charge is 2.29. The van der Waals surface area contributed by atoms with Gasteiger partial charge in [-0.25, -0.2) is 0 Å². The van der Waals surface area contributed by atoms with Crippen LogP contribution in [0.25, 0.3) is 0 Å². The molecule has 3 heteroatoms. The van der Waals surface area contributed by atoms with Gasteiger partial charge in [-0.3, -0.25) is 0 Å². The molecule has 0 aromatic heterocycles. The topological polar surface area (TPSA) is 9.23 Å². The molecule has 0 rings (SSSR count). The minimum atomic E-state index is -1.29. The Bertz CT molecular complexity index is 105. The average molecular weight is 314 g/mol. The van der Waals surface area contributed by atoms with Crippen molar-refractivity contribution in [3.05, 3.63) is 0 Å². The van der Waals surface area contributed by atoms with Gasteiger partial charge in [-0.2, -0.15) is 0 Å². The van der Waals surface area contributed by atoms with Crippen LogP contribution in [0.3, 0.4) is 0 Å². The van der Waals surface area contributed by atoms with Crippen LogP contribution >= 0.6 is 22.6 Å². The molecule has 13 heavy (non-hydrogen) atoms. The van der Waals surface area contributed by atoms with Crippen molar-refractivity contribution in [1.29, 1.82) is 0 Å². The first-order valence-electron chi connectivity index (χ1n) is 5.44. The Balaban J connectivity index is 3.97. The molecule has 0 amide bonds. The largest absolute Gasteiger partial charge is 0.417 e. The van der Waals surface area contributed by atoms with Gasteiger partial charge < -0.3 is 4.43 Å². The Morgan fingerprint density at radius 1 is 1.15 bits per heavy atom. The monoisotopic (exact) mass is 314 g/mol. The van der Waals surface area contributed by atoms with Crippen LogP contribution in [-0.4, -0.2) is 19.4 Å². The maximum absolute atomic E-state index is 6.11. The van der Waals surface area contributed by atoms with E-state index in [0.29, 0.717) is 0 Å². The van der Waals surface area contributed by atoms with Gasteiger partial charge in [0.15, 0.2) is 8.32 Å². The van der Waals surface area contributed by atoms with Gasteiger partial charge in [0.1, 0.15) is 0 Å². The van der Waals surface area contributed by atoms with Crippen LogP contribution in [-0.2, 0) is 4.43 Å². The summed E-state index contributed by atoms with van der Waals surface area (Å²) in [7, 11) is -1.29.